The molecule has 2 N–H and O–H groups in total. The number of hydrogen-bond acceptors (Lipinski definition) is 6. The smallest absolute Gasteiger partial charge is 0.204 e. The van der Waals surface area contributed by atoms with Crippen LogP contribution in [0.5, 0.6) is 5.75 Å². The lowest BCUT2D eigenvalue weighted by atomic mass is 10.2. The van der Waals surface area contributed by atoms with E-state index >= 15 is 0 Å². The highest BCUT2D eigenvalue weighted by Crippen LogP contribution is 2.24. The molecule has 0 bridgehead atoms. The van der Waals surface area contributed by atoms with Crippen molar-refractivity contribution in [1.29, 1.82) is 0 Å². The molecule has 0 amide bonds. The summed E-state index contributed by atoms with van der Waals surface area (Å²) in [4.78, 5) is 11.7. The van der Waals surface area contributed by atoms with Crippen LogP contribution in [0, 0.1) is 6.92 Å². The average molecular weight is 381 g/mol. The molecule has 3 heterocycles. The van der Waals surface area contributed by atoms with Gasteiger partial charge in [-0.15, -0.1) is 0 Å². The van der Waals surface area contributed by atoms with E-state index in [9.17, 15) is 5.11 Å². The van der Waals surface area contributed by atoms with Crippen molar-refractivity contribution in [1.82, 2.24) is 19.4 Å². The zero-order valence-electron chi connectivity index (χ0n) is 16.3. The first-order valence-electron chi connectivity index (χ1n) is 9.85. The minimum Gasteiger partial charge on any atom is -0.506 e. The summed E-state index contributed by atoms with van der Waals surface area (Å²) in [6.45, 7) is 7.98. The fourth-order valence-corrected chi connectivity index (χ4v) is 3.57. The standard InChI is InChI=1S/C21H27N5O2/c1-16-7-8-20(27)18(23-16)15-26-19-6-3-2-5-17(19)24-21(26)22-9-4-10-25-11-13-28-14-12-25/h2-3,5-8,27H,4,9-15H2,1H3,(H,22,24). The Balaban J connectivity index is 1.49. The van der Waals surface area contributed by atoms with Gasteiger partial charge in [0.15, 0.2) is 0 Å². The van der Waals surface area contributed by atoms with Crippen LogP contribution in [0.2, 0.25) is 0 Å². The summed E-state index contributed by atoms with van der Waals surface area (Å²) in [7, 11) is 0. The third-order valence-corrected chi connectivity index (χ3v) is 5.09. The van der Waals surface area contributed by atoms with Gasteiger partial charge in [0.05, 0.1) is 30.8 Å². The lowest BCUT2D eigenvalue weighted by Gasteiger charge is -2.26. The molecule has 1 aromatic carbocycles. The number of fused-ring (bicyclic) bond motifs is 1. The van der Waals surface area contributed by atoms with Gasteiger partial charge in [0.1, 0.15) is 11.4 Å². The lowest BCUT2D eigenvalue weighted by Crippen LogP contribution is -2.37. The van der Waals surface area contributed by atoms with E-state index in [2.05, 4.69) is 19.8 Å². The Bertz CT molecular complexity index is 934. The number of morpholine rings is 1. The van der Waals surface area contributed by atoms with Gasteiger partial charge in [-0.3, -0.25) is 9.88 Å². The summed E-state index contributed by atoms with van der Waals surface area (Å²) in [5.41, 5.74) is 3.50. The van der Waals surface area contributed by atoms with Crippen LogP contribution in [-0.4, -0.2) is 63.9 Å². The number of aromatic hydroxyl groups is 1. The maximum Gasteiger partial charge on any atom is 0.204 e. The number of aromatic nitrogens is 3. The summed E-state index contributed by atoms with van der Waals surface area (Å²) in [6, 6.07) is 11.6. The normalized spacial score (nSPS) is 15.2. The molecule has 3 aromatic rings. The predicted octanol–water partition coefficient (Wildman–Crippen LogP) is 2.63. The Morgan fingerprint density at radius 3 is 2.79 bits per heavy atom. The van der Waals surface area contributed by atoms with Crippen molar-refractivity contribution in [2.75, 3.05) is 44.7 Å². The molecule has 0 saturated carbocycles. The minimum absolute atomic E-state index is 0.210. The molecule has 7 nitrogen and oxygen atoms in total. The van der Waals surface area contributed by atoms with Crippen LogP contribution in [-0.2, 0) is 11.3 Å². The van der Waals surface area contributed by atoms with Gasteiger partial charge in [-0.05, 0) is 44.2 Å². The molecule has 28 heavy (non-hydrogen) atoms. The quantitative estimate of drug-likeness (QED) is 0.613. The Kier molecular flexibility index (Phi) is 5.73. The predicted molar refractivity (Wildman–Crippen MR) is 110 cm³/mol. The summed E-state index contributed by atoms with van der Waals surface area (Å²) >= 11 is 0. The second-order valence-electron chi connectivity index (χ2n) is 7.16. The van der Waals surface area contributed by atoms with E-state index in [4.69, 9.17) is 9.72 Å². The number of anilines is 1. The van der Waals surface area contributed by atoms with Gasteiger partial charge in [0.25, 0.3) is 0 Å². The van der Waals surface area contributed by atoms with Crippen molar-refractivity contribution in [2.45, 2.75) is 19.9 Å². The molecule has 1 saturated heterocycles. The largest absolute Gasteiger partial charge is 0.506 e. The zero-order valence-corrected chi connectivity index (χ0v) is 16.3. The van der Waals surface area contributed by atoms with E-state index in [1.165, 1.54) is 0 Å². The van der Waals surface area contributed by atoms with E-state index < -0.39 is 0 Å². The average Bonchev–Trinajstić information content (AvgIpc) is 3.06. The van der Waals surface area contributed by atoms with Crippen molar-refractivity contribution in [3.8, 4) is 5.75 Å². The summed E-state index contributed by atoms with van der Waals surface area (Å²) in [6.07, 6.45) is 1.04. The number of ether oxygens (including phenoxy) is 1. The SMILES string of the molecule is Cc1ccc(O)c(Cn2c(NCCCN3CCOCC3)nc3ccccc32)n1. The molecule has 0 unspecified atom stereocenters. The van der Waals surface area contributed by atoms with Gasteiger partial charge in [-0.2, -0.15) is 0 Å². The number of imidazole rings is 1. The molecular weight excluding hydrogens is 354 g/mol. The van der Waals surface area contributed by atoms with Crippen molar-refractivity contribution < 1.29 is 9.84 Å². The first kappa shape index (κ1) is 18.7. The molecule has 148 valence electrons. The number of nitrogens with one attached hydrogen (secondary N) is 1. The van der Waals surface area contributed by atoms with Gasteiger partial charge < -0.3 is 19.7 Å². The third kappa shape index (κ3) is 4.26. The van der Waals surface area contributed by atoms with Gasteiger partial charge >= 0.3 is 0 Å². The molecule has 1 aliphatic rings. The molecule has 0 aliphatic carbocycles. The highest BCUT2D eigenvalue weighted by atomic mass is 16.5. The number of nitrogens with zero attached hydrogens (tertiary/aromatic N) is 4. The highest BCUT2D eigenvalue weighted by Gasteiger charge is 2.14. The highest BCUT2D eigenvalue weighted by molar-refractivity contribution is 5.78. The van der Waals surface area contributed by atoms with Gasteiger partial charge in [0.2, 0.25) is 5.95 Å². The number of aryl methyl sites for hydroxylation is 1. The maximum absolute atomic E-state index is 10.2. The summed E-state index contributed by atoms with van der Waals surface area (Å²) < 4.78 is 7.49. The van der Waals surface area contributed by atoms with Gasteiger partial charge in [0, 0.05) is 25.3 Å². The van der Waals surface area contributed by atoms with Crippen molar-refractivity contribution in [3.63, 3.8) is 0 Å². The van der Waals surface area contributed by atoms with Crippen LogP contribution in [0.25, 0.3) is 11.0 Å². The fourth-order valence-electron chi connectivity index (χ4n) is 3.57. The molecule has 4 rings (SSSR count). The first-order valence-corrected chi connectivity index (χ1v) is 9.85. The Morgan fingerprint density at radius 2 is 1.93 bits per heavy atom. The van der Waals surface area contributed by atoms with Crippen LogP contribution in [0.3, 0.4) is 0 Å². The van der Waals surface area contributed by atoms with Crippen molar-refractivity contribution >= 4 is 17.0 Å². The minimum atomic E-state index is 0.210. The van der Waals surface area contributed by atoms with Crippen molar-refractivity contribution in [3.05, 3.63) is 47.8 Å². The van der Waals surface area contributed by atoms with Crippen LogP contribution in [0.1, 0.15) is 17.8 Å². The first-order chi connectivity index (χ1) is 13.7. The van der Waals surface area contributed by atoms with E-state index in [1.54, 1.807) is 6.07 Å². The monoisotopic (exact) mass is 381 g/mol. The number of benzene rings is 1. The van der Waals surface area contributed by atoms with Crippen LogP contribution >= 0.6 is 0 Å². The molecule has 1 fully saturated rings. The topological polar surface area (TPSA) is 75.4 Å². The Morgan fingerprint density at radius 1 is 1.11 bits per heavy atom. The van der Waals surface area contributed by atoms with Gasteiger partial charge in [-0.1, -0.05) is 12.1 Å². The maximum atomic E-state index is 10.2. The Hall–Kier alpha value is -2.64. The summed E-state index contributed by atoms with van der Waals surface area (Å²) in [5.74, 6) is 1.02. The lowest BCUT2D eigenvalue weighted by molar-refractivity contribution is 0.0378. The zero-order chi connectivity index (χ0) is 19.3. The second kappa shape index (κ2) is 8.58. The molecule has 2 aromatic heterocycles. The number of para-hydroxylation sites is 2. The second-order valence-corrected chi connectivity index (χ2v) is 7.16. The Labute approximate surface area is 165 Å². The van der Waals surface area contributed by atoms with E-state index in [-0.39, 0.29) is 5.75 Å². The van der Waals surface area contributed by atoms with E-state index in [1.807, 2.05) is 37.3 Å². The molecular formula is C21H27N5O2. The number of hydrogen-bond donors (Lipinski definition) is 2. The third-order valence-electron chi connectivity index (χ3n) is 5.09. The molecule has 0 spiro atoms. The van der Waals surface area contributed by atoms with Crippen LogP contribution in [0.4, 0.5) is 5.95 Å². The van der Waals surface area contributed by atoms with Crippen LogP contribution < -0.4 is 5.32 Å². The van der Waals surface area contributed by atoms with Crippen LogP contribution in [0.15, 0.2) is 36.4 Å². The van der Waals surface area contributed by atoms with E-state index in [0.717, 1.165) is 68.5 Å². The molecule has 1 aliphatic heterocycles. The molecule has 0 atom stereocenters. The number of pyridine rings is 1. The van der Waals surface area contributed by atoms with Gasteiger partial charge in [-0.25, -0.2) is 4.98 Å². The number of rotatable bonds is 7. The fraction of sp³-hybridized carbons (Fsp3) is 0.429. The van der Waals surface area contributed by atoms with Crippen molar-refractivity contribution in [2.24, 2.45) is 0 Å². The molecule has 0 radical (unpaired) electrons. The molecule has 7 heteroatoms. The van der Waals surface area contributed by atoms with E-state index in [0.29, 0.717) is 12.2 Å². The summed E-state index contributed by atoms with van der Waals surface area (Å²) in [5, 5.41) is 13.7.